The number of amides is 2. The topological polar surface area (TPSA) is 50.4 Å². The number of carbonyl (C=O) groups is 1. The largest absolute Gasteiger partial charge is 0.433 e. The van der Waals surface area contributed by atoms with Gasteiger partial charge in [-0.05, 0) is 55.0 Å². The van der Waals surface area contributed by atoms with E-state index in [0.717, 1.165) is 10.6 Å². The molecule has 2 aromatic carbocycles. The second-order valence-electron chi connectivity index (χ2n) is 5.36. The van der Waals surface area contributed by atoms with Gasteiger partial charge in [0.2, 0.25) is 0 Å². The number of carbonyl (C=O) groups excluding carboxylic acids is 1. The van der Waals surface area contributed by atoms with Gasteiger partial charge in [0.15, 0.2) is 0 Å². The summed E-state index contributed by atoms with van der Waals surface area (Å²) in [5, 5.41) is 5.21. The van der Waals surface area contributed by atoms with Crippen LogP contribution in [0.3, 0.4) is 0 Å². The number of hydrogen-bond acceptors (Lipinski definition) is 3. The van der Waals surface area contributed by atoms with Crippen LogP contribution in [0.5, 0.6) is 5.75 Å². The van der Waals surface area contributed by atoms with Gasteiger partial charge in [0.25, 0.3) is 0 Å². The summed E-state index contributed by atoms with van der Waals surface area (Å²) in [4.78, 5) is 12.9. The first-order chi connectivity index (χ1) is 12.5. The summed E-state index contributed by atoms with van der Waals surface area (Å²) in [5.41, 5.74) is 0.830. The Hall–Kier alpha value is -2.35. The molecule has 26 heavy (non-hydrogen) atoms. The zero-order valence-electron chi connectivity index (χ0n) is 14.1. The molecule has 2 amide bonds. The van der Waals surface area contributed by atoms with Crippen LogP contribution >= 0.6 is 11.8 Å². The van der Waals surface area contributed by atoms with Gasteiger partial charge in [-0.25, -0.2) is 9.18 Å². The molecule has 0 aliphatic rings. The maximum absolute atomic E-state index is 12.8. The average Bonchev–Trinajstić information content (AvgIpc) is 2.59. The Morgan fingerprint density at radius 3 is 2.62 bits per heavy atom. The number of nitrogens with one attached hydrogen (secondary N) is 2. The van der Waals surface area contributed by atoms with E-state index in [0.29, 0.717) is 18.5 Å². The van der Waals surface area contributed by atoms with E-state index in [9.17, 15) is 18.0 Å². The van der Waals surface area contributed by atoms with Gasteiger partial charge in [-0.3, -0.25) is 0 Å². The molecule has 0 aliphatic heterocycles. The minimum atomic E-state index is -2.97. The lowest BCUT2D eigenvalue weighted by molar-refractivity contribution is -0.0493. The van der Waals surface area contributed by atoms with Crippen LogP contribution in [0.15, 0.2) is 47.4 Å². The predicted molar refractivity (Wildman–Crippen MR) is 96.6 cm³/mol. The number of alkyl halides is 2. The fourth-order valence-electron chi connectivity index (χ4n) is 2.15. The van der Waals surface area contributed by atoms with Gasteiger partial charge in [-0.1, -0.05) is 12.1 Å². The minimum absolute atomic E-state index is 0.0815. The Balaban J connectivity index is 1.76. The van der Waals surface area contributed by atoms with Crippen molar-refractivity contribution in [2.45, 2.75) is 24.9 Å². The highest BCUT2D eigenvalue weighted by atomic mass is 32.2. The van der Waals surface area contributed by atoms with Gasteiger partial charge in [-0.15, -0.1) is 11.8 Å². The van der Waals surface area contributed by atoms with Crippen LogP contribution < -0.4 is 15.4 Å². The van der Waals surface area contributed by atoms with E-state index in [1.807, 2.05) is 0 Å². The molecule has 0 unspecified atom stereocenters. The van der Waals surface area contributed by atoms with Gasteiger partial charge >= 0.3 is 12.6 Å². The molecule has 2 N–H and O–H groups in total. The summed E-state index contributed by atoms with van der Waals surface area (Å²) < 4.78 is 42.1. The number of hydrogen-bond donors (Lipinski definition) is 2. The first-order valence-electron chi connectivity index (χ1n) is 7.93. The fourth-order valence-corrected chi connectivity index (χ4v) is 3.00. The number of para-hydroxylation sites is 1. The second kappa shape index (κ2) is 9.96. The van der Waals surface area contributed by atoms with Crippen LogP contribution in [0.25, 0.3) is 0 Å². The molecule has 0 saturated carbocycles. The average molecular weight is 384 g/mol. The van der Waals surface area contributed by atoms with Crippen LogP contribution in [0.4, 0.5) is 23.7 Å². The molecule has 0 radical (unpaired) electrons. The lowest BCUT2D eigenvalue weighted by Gasteiger charge is -2.14. The van der Waals surface area contributed by atoms with Crippen molar-refractivity contribution < 1.29 is 22.7 Å². The summed E-state index contributed by atoms with van der Waals surface area (Å²) >= 11 is 1.55. The third-order valence-corrected chi connectivity index (χ3v) is 4.48. The SMILES string of the molecule is Cc1cccc(OC(F)F)c1NC(=O)NCCCSc1ccc(F)cc1. The molecule has 4 nitrogen and oxygen atoms in total. The van der Waals surface area contributed by atoms with Gasteiger partial charge in [0.05, 0.1) is 5.69 Å². The number of anilines is 1. The molecule has 0 bridgehead atoms. The summed E-state index contributed by atoms with van der Waals surface area (Å²) in [5.74, 6) is 0.386. The van der Waals surface area contributed by atoms with E-state index in [1.165, 1.54) is 18.2 Å². The summed E-state index contributed by atoms with van der Waals surface area (Å²) in [6.07, 6.45) is 0.698. The molecule has 0 saturated heterocycles. The monoisotopic (exact) mass is 384 g/mol. The number of aryl methyl sites for hydroxylation is 1. The third kappa shape index (κ3) is 6.51. The Morgan fingerprint density at radius 1 is 1.19 bits per heavy atom. The van der Waals surface area contributed by atoms with E-state index < -0.39 is 12.6 Å². The van der Waals surface area contributed by atoms with Gasteiger partial charge in [0.1, 0.15) is 11.6 Å². The second-order valence-corrected chi connectivity index (χ2v) is 6.53. The van der Waals surface area contributed by atoms with Crippen molar-refractivity contribution in [1.82, 2.24) is 5.32 Å². The maximum atomic E-state index is 12.8. The van der Waals surface area contributed by atoms with Crippen molar-refractivity contribution in [2.75, 3.05) is 17.6 Å². The Bertz CT molecular complexity index is 727. The predicted octanol–water partition coefficient (Wildman–Crippen LogP) is 5.04. The number of urea groups is 1. The van der Waals surface area contributed by atoms with E-state index in [2.05, 4.69) is 15.4 Å². The molecule has 8 heteroatoms. The molecule has 0 atom stereocenters. The van der Waals surface area contributed by atoms with Crippen molar-refractivity contribution in [2.24, 2.45) is 0 Å². The number of thioether (sulfide) groups is 1. The smallest absolute Gasteiger partial charge is 0.387 e. The number of ether oxygens (including phenoxy) is 1. The molecule has 2 rings (SSSR count). The van der Waals surface area contributed by atoms with E-state index in [1.54, 1.807) is 43.0 Å². The van der Waals surface area contributed by atoms with Crippen molar-refractivity contribution in [1.29, 1.82) is 0 Å². The van der Waals surface area contributed by atoms with Crippen molar-refractivity contribution in [3.8, 4) is 5.75 Å². The lowest BCUT2D eigenvalue weighted by atomic mass is 10.2. The molecule has 0 fully saturated rings. The highest BCUT2D eigenvalue weighted by Crippen LogP contribution is 2.29. The zero-order valence-corrected chi connectivity index (χ0v) is 14.9. The standard InChI is InChI=1S/C18H19F3N2O2S/c1-12-4-2-5-15(25-17(20)21)16(12)23-18(24)22-10-3-11-26-14-8-6-13(19)7-9-14/h2,4-9,17H,3,10-11H2,1H3,(H2,22,23,24). The lowest BCUT2D eigenvalue weighted by Crippen LogP contribution is -2.30. The minimum Gasteiger partial charge on any atom is -0.433 e. The van der Waals surface area contributed by atoms with Crippen LogP contribution in [-0.4, -0.2) is 24.9 Å². The molecule has 0 aromatic heterocycles. The Kier molecular flexibility index (Phi) is 7.65. The maximum Gasteiger partial charge on any atom is 0.387 e. The molecular formula is C18H19F3N2O2S. The number of rotatable bonds is 8. The fraction of sp³-hybridized carbons (Fsp3) is 0.278. The van der Waals surface area contributed by atoms with Gasteiger partial charge in [-0.2, -0.15) is 8.78 Å². The highest BCUT2D eigenvalue weighted by molar-refractivity contribution is 7.99. The van der Waals surface area contributed by atoms with Crippen LogP contribution in [0.2, 0.25) is 0 Å². The van der Waals surface area contributed by atoms with E-state index in [-0.39, 0.29) is 17.3 Å². The summed E-state index contributed by atoms with van der Waals surface area (Å²) in [6.45, 7) is -0.867. The van der Waals surface area contributed by atoms with E-state index in [4.69, 9.17) is 0 Å². The van der Waals surface area contributed by atoms with Crippen molar-refractivity contribution in [3.63, 3.8) is 0 Å². The normalized spacial score (nSPS) is 10.7. The number of benzene rings is 2. The summed E-state index contributed by atoms with van der Waals surface area (Å²) in [7, 11) is 0. The van der Waals surface area contributed by atoms with Gasteiger partial charge in [0, 0.05) is 11.4 Å². The zero-order chi connectivity index (χ0) is 18.9. The third-order valence-electron chi connectivity index (χ3n) is 3.38. The van der Waals surface area contributed by atoms with Crippen LogP contribution in [0.1, 0.15) is 12.0 Å². The first-order valence-corrected chi connectivity index (χ1v) is 8.92. The quantitative estimate of drug-likeness (QED) is 0.495. The molecular weight excluding hydrogens is 365 g/mol. The first kappa shape index (κ1) is 20.0. The Morgan fingerprint density at radius 2 is 1.92 bits per heavy atom. The molecule has 0 aliphatic carbocycles. The molecule has 140 valence electrons. The van der Waals surface area contributed by atoms with Crippen molar-refractivity contribution >= 4 is 23.5 Å². The molecule has 0 heterocycles. The van der Waals surface area contributed by atoms with Gasteiger partial charge < -0.3 is 15.4 Å². The molecule has 2 aromatic rings. The summed E-state index contributed by atoms with van der Waals surface area (Å²) in [6, 6.07) is 10.3. The highest BCUT2D eigenvalue weighted by Gasteiger charge is 2.13. The molecule has 0 spiro atoms. The van der Waals surface area contributed by atoms with Crippen LogP contribution in [-0.2, 0) is 0 Å². The van der Waals surface area contributed by atoms with E-state index >= 15 is 0 Å². The number of halogens is 3. The Labute approximate surface area is 154 Å². The van der Waals surface area contributed by atoms with Crippen LogP contribution in [0, 0.1) is 12.7 Å². The van der Waals surface area contributed by atoms with Crippen molar-refractivity contribution in [3.05, 3.63) is 53.8 Å².